The van der Waals surface area contributed by atoms with Crippen LogP contribution < -0.4 is 15.2 Å². The highest BCUT2D eigenvalue weighted by molar-refractivity contribution is 7.92. The van der Waals surface area contributed by atoms with Gasteiger partial charge >= 0.3 is 0 Å². The summed E-state index contributed by atoms with van der Waals surface area (Å²) in [6, 6.07) is 13.8. The number of rotatable bonds is 10. The second-order valence-electron chi connectivity index (χ2n) is 12.1. The van der Waals surface area contributed by atoms with Crippen molar-refractivity contribution in [2.24, 2.45) is 5.73 Å². The maximum absolute atomic E-state index is 12.6. The van der Waals surface area contributed by atoms with Crippen molar-refractivity contribution in [2.45, 2.75) is 57.4 Å². The topological polar surface area (TPSA) is 147 Å². The van der Waals surface area contributed by atoms with E-state index >= 15 is 0 Å². The average Bonchev–Trinajstić information content (AvgIpc) is 3.38. The molecule has 2 aromatic heterocycles. The molecule has 4 aromatic rings. The molecule has 12 heteroatoms. The smallest absolute Gasteiger partial charge is 0.244 e. The van der Waals surface area contributed by atoms with Crippen molar-refractivity contribution in [1.82, 2.24) is 24.8 Å². The van der Waals surface area contributed by atoms with Crippen LogP contribution in [0.5, 0.6) is 5.75 Å². The molecule has 1 amide bonds. The Balaban J connectivity index is 1.59. The maximum atomic E-state index is 12.6. The fourth-order valence-electron chi connectivity index (χ4n) is 6.25. The van der Waals surface area contributed by atoms with Crippen LogP contribution in [-0.2, 0) is 32.2 Å². The molecule has 2 heterocycles. The number of amides is 1. The lowest BCUT2D eigenvalue weighted by molar-refractivity contribution is -0.114. The fraction of sp³-hybridized carbons (Fsp3) is 0.333. The molecule has 45 heavy (non-hydrogen) atoms. The molecule has 0 aliphatic heterocycles. The Kier molecular flexibility index (Phi) is 7.43. The molecule has 0 bridgehead atoms. The molecule has 0 radical (unpaired) electrons. The minimum atomic E-state index is -3.66. The Morgan fingerprint density at radius 3 is 2.51 bits per heavy atom. The van der Waals surface area contributed by atoms with E-state index in [4.69, 9.17) is 10.5 Å². The molecule has 1 unspecified atom stereocenters. The van der Waals surface area contributed by atoms with Crippen LogP contribution in [0.4, 0.5) is 5.69 Å². The van der Waals surface area contributed by atoms with Crippen LogP contribution in [0.2, 0.25) is 0 Å². The molecule has 3 N–H and O–H groups in total. The zero-order valence-corrected chi connectivity index (χ0v) is 26.9. The quantitative estimate of drug-likeness (QED) is 0.261. The van der Waals surface area contributed by atoms with Crippen molar-refractivity contribution in [2.75, 3.05) is 18.1 Å². The molecule has 1 fully saturated rings. The summed E-state index contributed by atoms with van der Waals surface area (Å²) in [6.07, 6.45) is 11.1. The van der Waals surface area contributed by atoms with Crippen LogP contribution in [0.3, 0.4) is 0 Å². The zero-order chi connectivity index (χ0) is 32.1. The van der Waals surface area contributed by atoms with Gasteiger partial charge in [0.05, 0.1) is 42.8 Å². The second kappa shape index (κ2) is 11.0. The normalized spacial score (nSPS) is 19.0. The third-order valence-electron chi connectivity index (χ3n) is 9.05. The van der Waals surface area contributed by atoms with Gasteiger partial charge in [-0.15, -0.1) is 5.10 Å². The summed E-state index contributed by atoms with van der Waals surface area (Å²) in [4.78, 5) is 12.6. The predicted molar refractivity (Wildman–Crippen MR) is 173 cm³/mol. The number of carbonyl (C=O) groups excluding carboxylic acids is 1. The Labute approximate surface area is 262 Å². The summed E-state index contributed by atoms with van der Waals surface area (Å²) in [6.45, 7) is 6.17. The van der Waals surface area contributed by atoms with Gasteiger partial charge in [-0.2, -0.15) is 5.10 Å². The third-order valence-corrected chi connectivity index (χ3v) is 9.64. The number of methoxy groups -OCH3 is 1. The second-order valence-corrected chi connectivity index (χ2v) is 13.9. The first-order chi connectivity index (χ1) is 21.4. The molecule has 2 aliphatic carbocycles. The van der Waals surface area contributed by atoms with E-state index in [2.05, 4.69) is 34.0 Å². The van der Waals surface area contributed by atoms with Crippen LogP contribution in [-0.4, -0.2) is 52.5 Å². The van der Waals surface area contributed by atoms with Crippen molar-refractivity contribution in [3.05, 3.63) is 95.0 Å². The number of ether oxygens (including phenoxy) is 1. The summed E-state index contributed by atoms with van der Waals surface area (Å²) in [5.74, 6) is -0.227. The molecule has 2 aromatic carbocycles. The predicted octanol–water partition coefficient (Wildman–Crippen LogP) is 4.63. The fourth-order valence-corrected chi connectivity index (χ4v) is 6.80. The van der Waals surface area contributed by atoms with Crippen LogP contribution in [0.25, 0.3) is 16.9 Å². The van der Waals surface area contributed by atoms with Gasteiger partial charge in [0.25, 0.3) is 0 Å². The first kappa shape index (κ1) is 30.3. The number of nitrogens with two attached hydrogens (primary N) is 1. The monoisotopic (exact) mass is 627 g/mol. The van der Waals surface area contributed by atoms with Gasteiger partial charge in [-0.3, -0.25) is 9.52 Å². The molecule has 0 saturated heterocycles. The van der Waals surface area contributed by atoms with Gasteiger partial charge in [0, 0.05) is 23.1 Å². The number of hydrogen-bond acceptors (Lipinski definition) is 7. The van der Waals surface area contributed by atoms with E-state index in [1.807, 2.05) is 66.3 Å². The summed E-state index contributed by atoms with van der Waals surface area (Å²) >= 11 is 0. The van der Waals surface area contributed by atoms with E-state index in [-0.39, 0.29) is 11.8 Å². The van der Waals surface area contributed by atoms with Gasteiger partial charge in [0.1, 0.15) is 17.0 Å². The van der Waals surface area contributed by atoms with Crippen molar-refractivity contribution in [1.29, 1.82) is 0 Å². The number of aromatic nitrogens is 5. The van der Waals surface area contributed by atoms with Crippen LogP contribution in [0, 0.1) is 0 Å². The number of benzene rings is 2. The third kappa shape index (κ3) is 5.33. The Morgan fingerprint density at radius 2 is 1.89 bits per heavy atom. The van der Waals surface area contributed by atoms with E-state index in [0.29, 0.717) is 34.7 Å². The Morgan fingerprint density at radius 1 is 1.16 bits per heavy atom. The lowest BCUT2D eigenvalue weighted by Crippen LogP contribution is -2.41. The van der Waals surface area contributed by atoms with E-state index < -0.39 is 21.5 Å². The minimum Gasteiger partial charge on any atom is -0.494 e. The highest BCUT2D eigenvalue weighted by Crippen LogP contribution is 2.54. The number of anilines is 1. The molecule has 2 aliphatic rings. The molecular formula is C33H37N7O4S. The molecule has 0 spiro atoms. The van der Waals surface area contributed by atoms with Gasteiger partial charge in [-0.25, -0.2) is 17.8 Å². The lowest BCUT2D eigenvalue weighted by Gasteiger charge is -2.39. The van der Waals surface area contributed by atoms with Gasteiger partial charge in [0.2, 0.25) is 15.9 Å². The number of carbonyl (C=O) groups is 1. The van der Waals surface area contributed by atoms with Crippen molar-refractivity contribution >= 4 is 21.6 Å². The molecule has 6 rings (SSSR count). The molecular weight excluding hydrogens is 590 g/mol. The van der Waals surface area contributed by atoms with Crippen molar-refractivity contribution in [3.63, 3.8) is 0 Å². The summed E-state index contributed by atoms with van der Waals surface area (Å²) in [5, 5.41) is 14.0. The number of para-hydroxylation sites is 1. The summed E-state index contributed by atoms with van der Waals surface area (Å²) in [5.41, 5.74) is 11.1. The maximum Gasteiger partial charge on any atom is 0.244 e. The number of allylic oxidation sites excluding steroid dienone is 3. The zero-order valence-electron chi connectivity index (χ0n) is 26.0. The standard InChI is InChI=1S/C33H37N7O4S/c1-6-29-25(19-35-40(29)24-10-8-7-9-11-24)28-20-39(38-36-28)33(18-22(31(34)41)13-12-21(33)2)26-16-23(32(3)14-15-32)17-27(30(26)44-4)37-45(5,42)43/h7-13,16-17,19-20,37H,6,14-15,18H2,1-5H3,(H2,34,41). The number of nitrogens with zero attached hydrogens (tertiary/aromatic N) is 5. The van der Waals surface area contributed by atoms with Gasteiger partial charge in [-0.05, 0) is 67.0 Å². The van der Waals surface area contributed by atoms with E-state index in [1.165, 1.54) is 7.11 Å². The minimum absolute atomic E-state index is 0.125. The number of sulfonamides is 1. The van der Waals surface area contributed by atoms with Crippen LogP contribution >= 0.6 is 0 Å². The van der Waals surface area contributed by atoms with Crippen LogP contribution in [0.1, 0.15) is 56.9 Å². The van der Waals surface area contributed by atoms with Gasteiger partial charge < -0.3 is 10.5 Å². The van der Waals surface area contributed by atoms with Gasteiger partial charge in [-0.1, -0.05) is 49.4 Å². The molecule has 11 nitrogen and oxygen atoms in total. The Bertz CT molecular complexity index is 1970. The summed E-state index contributed by atoms with van der Waals surface area (Å²) < 4.78 is 37.3. The summed E-state index contributed by atoms with van der Waals surface area (Å²) in [7, 11) is -2.15. The SMILES string of the molecule is CCc1c(-c2cn(C3(c4cc(C5(C)CC5)cc(NS(C)(=O)=O)c4OC)CC(C(N)=O)=CC=C3C)nn2)cnn1-c1ccccc1. The first-order valence-electron chi connectivity index (χ1n) is 14.8. The van der Waals surface area contributed by atoms with Crippen molar-refractivity contribution in [3.8, 4) is 22.7 Å². The lowest BCUT2D eigenvalue weighted by atomic mass is 9.73. The van der Waals surface area contributed by atoms with E-state index in [1.54, 1.807) is 17.0 Å². The van der Waals surface area contributed by atoms with Crippen LogP contribution in [0.15, 0.2) is 78.2 Å². The highest BCUT2D eigenvalue weighted by Gasteiger charge is 2.46. The number of primary amides is 1. The number of nitrogens with one attached hydrogen (secondary N) is 1. The highest BCUT2D eigenvalue weighted by atomic mass is 32.2. The molecule has 234 valence electrons. The van der Waals surface area contributed by atoms with Gasteiger partial charge in [0.15, 0.2) is 0 Å². The Hall–Kier alpha value is -4.71. The van der Waals surface area contributed by atoms with Crippen molar-refractivity contribution < 1.29 is 17.9 Å². The largest absolute Gasteiger partial charge is 0.494 e. The molecule has 1 saturated carbocycles. The number of hydrogen-bond donors (Lipinski definition) is 2. The average molecular weight is 628 g/mol. The van der Waals surface area contributed by atoms with E-state index in [9.17, 15) is 13.2 Å². The molecule has 1 atom stereocenters. The van der Waals surface area contributed by atoms with E-state index in [0.717, 1.165) is 47.2 Å². The first-order valence-corrected chi connectivity index (χ1v) is 16.7.